The molecule has 0 saturated carbocycles. The fourth-order valence-corrected chi connectivity index (χ4v) is 2.42. The van der Waals surface area contributed by atoms with Gasteiger partial charge in [-0.3, -0.25) is 0 Å². The van der Waals surface area contributed by atoms with Crippen LogP contribution in [0.15, 0.2) is 24.8 Å². The summed E-state index contributed by atoms with van der Waals surface area (Å²) >= 11 is 0. The number of allylic oxidation sites excluding steroid dienone is 1. The van der Waals surface area contributed by atoms with Crippen molar-refractivity contribution in [2.75, 3.05) is 25.0 Å². The highest BCUT2D eigenvalue weighted by Crippen LogP contribution is 2.29. The van der Waals surface area contributed by atoms with Crippen molar-refractivity contribution in [3.8, 4) is 0 Å². The highest BCUT2D eigenvalue weighted by atomic mass is 19.1. The second-order valence-electron chi connectivity index (χ2n) is 5.69. The minimum absolute atomic E-state index is 0.126. The van der Waals surface area contributed by atoms with Crippen molar-refractivity contribution in [1.29, 1.82) is 0 Å². The molecule has 0 bridgehead atoms. The number of hydrogen-bond acceptors (Lipinski definition) is 2. The average Bonchev–Trinajstić information content (AvgIpc) is 2.47. The zero-order valence-electron chi connectivity index (χ0n) is 13.9. The summed E-state index contributed by atoms with van der Waals surface area (Å²) in [7, 11) is 2.08. The lowest BCUT2D eigenvalue weighted by Gasteiger charge is -2.26. The zero-order chi connectivity index (χ0) is 15.8. The predicted octanol–water partition coefficient (Wildman–Crippen LogP) is 4.60. The normalized spacial score (nSPS) is 12.2. The molecule has 0 fully saturated rings. The Morgan fingerprint density at radius 1 is 1.43 bits per heavy atom. The molecule has 1 N–H and O–H groups in total. The van der Waals surface area contributed by atoms with Crippen molar-refractivity contribution in [1.82, 2.24) is 5.32 Å². The molecule has 0 radical (unpaired) electrons. The molecule has 0 amide bonds. The third-order valence-corrected chi connectivity index (χ3v) is 3.79. The molecule has 3 heteroatoms. The highest BCUT2D eigenvalue weighted by Gasteiger charge is 2.15. The second-order valence-corrected chi connectivity index (χ2v) is 5.69. The molecule has 0 aliphatic heterocycles. The first-order valence-corrected chi connectivity index (χ1v) is 7.86. The highest BCUT2D eigenvalue weighted by molar-refractivity contribution is 5.56. The van der Waals surface area contributed by atoms with Crippen molar-refractivity contribution in [3.63, 3.8) is 0 Å². The Morgan fingerprint density at radius 3 is 2.76 bits per heavy atom. The molecule has 1 unspecified atom stereocenters. The van der Waals surface area contributed by atoms with Gasteiger partial charge in [-0.1, -0.05) is 13.0 Å². The van der Waals surface area contributed by atoms with E-state index in [0.717, 1.165) is 43.6 Å². The van der Waals surface area contributed by atoms with Crippen LogP contribution in [0.2, 0.25) is 0 Å². The van der Waals surface area contributed by atoms with Crippen molar-refractivity contribution in [2.24, 2.45) is 0 Å². The summed E-state index contributed by atoms with van der Waals surface area (Å²) in [4.78, 5) is 2.22. The van der Waals surface area contributed by atoms with Crippen molar-refractivity contribution in [2.45, 2.75) is 46.1 Å². The van der Waals surface area contributed by atoms with E-state index >= 15 is 0 Å². The van der Waals surface area contributed by atoms with E-state index in [2.05, 4.69) is 37.7 Å². The summed E-state index contributed by atoms with van der Waals surface area (Å²) in [5.41, 5.74) is 2.86. The van der Waals surface area contributed by atoms with Crippen LogP contribution >= 0.6 is 0 Å². The van der Waals surface area contributed by atoms with Crippen LogP contribution in [-0.2, 0) is 0 Å². The number of unbranched alkanes of at least 4 members (excludes halogenated alkanes) is 1. The van der Waals surface area contributed by atoms with Gasteiger partial charge in [0.1, 0.15) is 5.82 Å². The fourth-order valence-electron chi connectivity index (χ4n) is 2.42. The maximum atomic E-state index is 14.0. The van der Waals surface area contributed by atoms with Gasteiger partial charge in [-0.25, -0.2) is 4.39 Å². The molecule has 0 saturated heterocycles. The van der Waals surface area contributed by atoms with Gasteiger partial charge in [-0.2, -0.15) is 0 Å². The summed E-state index contributed by atoms with van der Waals surface area (Å²) in [5, 5.41) is 3.45. The van der Waals surface area contributed by atoms with E-state index in [1.807, 2.05) is 19.1 Å². The molecular weight excluding hydrogens is 263 g/mol. The molecule has 0 heterocycles. The van der Waals surface area contributed by atoms with Gasteiger partial charge >= 0.3 is 0 Å². The summed E-state index contributed by atoms with van der Waals surface area (Å²) in [6.45, 7) is 11.7. The Bertz CT molecular complexity index is 457. The molecule has 1 atom stereocenters. The first kappa shape index (κ1) is 17.7. The molecule has 0 aliphatic rings. The van der Waals surface area contributed by atoms with Gasteiger partial charge in [-0.05, 0) is 62.9 Å². The van der Waals surface area contributed by atoms with E-state index in [1.165, 1.54) is 0 Å². The fraction of sp³-hybridized carbons (Fsp3) is 0.556. The quantitative estimate of drug-likeness (QED) is 0.528. The summed E-state index contributed by atoms with van der Waals surface area (Å²) in [6.07, 6.45) is 5.08. The number of rotatable bonds is 9. The van der Waals surface area contributed by atoms with Gasteiger partial charge in [0.2, 0.25) is 0 Å². The maximum absolute atomic E-state index is 14.0. The molecule has 0 aromatic heterocycles. The van der Waals surface area contributed by atoms with Crippen LogP contribution in [0.5, 0.6) is 0 Å². The minimum Gasteiger partial charge on any atom is -0.374 e. The number of nitrogens with one attached hydrogen (secondary N) is 1. The predicted molar refractivity (Wildman–Crippen MR) is 90.5 cm³/mol. The van der Waals surface area contributed by atoms with Gasteiger partial charge in [0.05, 0.1) is 0 Å². The van der Waals surface area contributed by atoms with Crippen LogP contribution < -0.4 is 10.2 Å². The lowest BCUT2D eigenvalue weighted by Crippen LogP contribution is -2.25. The third-order valence-electron chi connectivity index (χ3n) is 3.79. The Kier molecular flexibility index (Phi) is 7.44. The van der Waals surface area contributed by atoms with E-state index in [9.17, 15) is 4.39 Å². The molecular formula is C18H29FN2. The molecule has 2 nitrogen and oxygen atoms in total. The van der Waals surface area contributed by atoms with Crippen molar-refractivity contribution in [3.05, 3.63) is 41.7 Å². The van der Waals surface area contributed by atoms with Crippen molar-refractivity contribution < 1.29 is 4.39 Å². The van der Waals surface area contributed by atoms with Crippen LogP contribution in [0, 0.1) is 12.7 Å². The van der Waals surface area contributed by atoms with E-state index in [1.54, 1.807) is 6.07 Å². The smallest absolute Gasteiger partial charge is 0.126 e. The van der Waals surface area contributed by atoms with E-state index in [4.69, 9.17) is 0 Å². The van der Waals surface area contributed by atoms with Crippen LogP contribution in [0.1, 0.15) is 50.3 Å². The first-order chi connectivity index (χ1) is 10.0. The summed E-state index contributed by atoms with van der Waals surface area (Å²) in [6, 6.07) is 3.79. The second kappa shape index (κ2) is 8.83. The lowest BCUT2D eigenvalue weighted by molar-refractivity contribution is 0.559. The molecule has 1 aromatic rings. The third kappa shape index (κ3) is 5.16. The molecule has 0 aliphatic carbocycles. The van der Waals surface area contributed by atoms with E-state index in [-0.39, 0.29) is 11.9 Å². The van der Waals surface area contributed by atoms with Gasteiger partial charge in [-0.15, -0.1) is 6.58 Å². The van der Waals surface area contributed by atoms with Crippen LogP contribution in [0.25, 0.3) is 0 Å². The van der Waals surface area contributed by atoms with E-state index in [0.29, 0.717) is 5.56 Å². The molecule has 118 valence electrons. The number of anilines is 1. The van der Waals surface area contributed by atoms with Crippen LogP contribution in [0.4, 0.5) is 10.1 Å². The number of aryl methyl sites for hydroxylation is 1. The molecule has 1 aromatic carbocycles. The minimum atomic E-state index is -0.126. The molecule has 1 rings (SSSR count). The van der Waals surface area contributed by atoms with Gasteiger partial charge in [0, 0.05) is 25.3 Å². The van der Waals surface area contributed by atoms with Gasteiger partial charge in [0.25, 0.3) is 0 Å². The van der Waals surface area contributed by atoms with E-state index < -0.39 is 0 Å². The van der Waals surface area contributed by atoms with Gasteiger partial charge in [0.15, 0.2) is 0 Å². The zero-order valence-corrected chi connectivity index (χ0v) is 13.9. The number of nitrogens with zero attached hydrogens (tertiary/aromatic N) is 1. The SMILES string of the molecule is C=CCCCN(C)c1cc(C)c(F)cc1C(C)NCCC. The van der Waals surface area contributed by atoms with Crippen LogP contribution in [-0.4, -0.2) is 20.1 Å². The average molecular weight is 292 g/mol. The largest absolute Gasteiger partial charge is 0.374 e. The Labute approximate surface area is 129 Å². The summed E-state index contributed by atoms with van der Waals surface area (Å²) in [5.74, 6) is -0.126. The topological polar surface area (TPSA) is 15.3 Å². The van der Waals surface area contributed by atoms with Gasteiger partial charge < -0.3 is 10.2 Å². The number of halogens is 1. The molecule has 21 heavy (non-hydrogen) atoms. The summed E-state index contributed by atoms with van der Waals surface area (Å²) < 4.78 is 14.0. The Balaban J connectivity index is 2.98. The molecule has 0 spiro atoms. The number of benzene rings is 1. The first-order valence-electron chi connectivity index (χ1n) is 7.86. The Hall–Kier alpha value is -1.35. The monoisotopic (exact) mass is 292 g/mol. The van der Waals surface area contributed by atoms with Crippen molar-refractivity contribution >= 4 is 5.69 Å². The Morgan fingerprint density at radius 2 is 2.14 bits per heavy atom. The van der Waals surface area contributed by atoms with Crippen LogP contribution in [0.3, 0.4) is 0 Å². The standard InChI is InChI=1S/C18H29FN2/c1-6-8-9-11-21(5)18-12-14(3)17(19)13-16(18)15(4)20-10-7-2/h6,12-13,15,20H,1,7-11H2,2-5H3. The number of hydrogen-bond donors (Lipinski definition) is 1. The lowest BCUT2D eigenvalue weighted by atomic mass is 10.0. The maximum Gasteiger partial charge on any atom is 0.126 e.